The van der Waals surface area contributed by atoms with Crippen molar-refractivity contribution >= 4 is 23.4 Å². The van der Waals surface area contributed by atoms with Crippen LogP contribution >= 0.6 is 0 Å². The SMILES string of the molecule is Cc1ccc(-n2nc(C(C)(C)C)cc2NC(=O)CN(C)C(=O)Nc2cccc(C(F)(F)F)c2)c(C)c1. The summed E-state index contributed by atoms with van der Waals surface area (Å²) in [5, 5.41) is 9.91. The van der Waals surface area contributed by atoms with Gasteiger partial charge in [0.15, 0.2) is 0 Å². The molecule has 1 aromatic heterocycles. The van der Waals surface area contributed by atoms with Crippen LogP contribution in [0.3, 0.4) is 0 Å². The van der Waals surface area contributed by atoms with Gasteiger partial charge >= 0.3 is 12.2 Å². The van der Waals surface area contributed by atoms with E-state index in [0.29, 0.717) is 5.82 Å². The number of rotatable bonds is 5. The monoisotopic (exact) mass is 501 g/mol. The summed E-state index contributed by atoms with van der Waals surface area (Å²) in [6, 6.07) is 11.3. The minimum Gasteiger partial charge on any atom is -0.318 e. The Balaban J connectivity index is 1.76. The van der Waals surface area contributed by atoms with Crippen molar-refractivity contribution in [1.82, 2.24) is 14.7 Å². The topological polar surface area (TPSA) is 79.3 Å². The second-order valence-electron chi connectivity index (χ2n) is 9.78. The van der Waals surface area contributed by atoms with E-state index < -0.39 is 23.7 Å². The summed E-state index contributed by atoms with van der Waals surface area (Å²) in [5.74, 6) is -0.0355. The van der Waals surface area contributed by atoms with E-state index >= 15 is 0 Å². The van der Waals surface area contributed by atoms with Gasteiger partial charge in [0.1, 0.15) is 12.4 Å². The molecule has 3 amide bonds. The summed E-state index contributed by atoms with van der Waals surface area (Å²) in [4.78, 5) is 26.4. The van der Waals surface area contributed by atoms with E-state index in [2.05, 4.69) is 10.6 Å². The van der Waals surface area contributed by atoms with Gasteiger partial charge in [0, 0.05) is 24.2 Å². The quantitative estimate of drug-likeness (QED) is 0.456. The molecule has 0 aliphatic rings. The highest BCUT2D eigenvalue weighted by molar-refractivity contribution is 5.96. The van der Waals surface area contributed by atoms with Crippen LogP contribution in [0.25, 0.3) is 5.69 Å². The van der Waals surface area contributed by atoms with Crippen LogP contribution in [0.5, 0.6) is 0 Å². The molecule has 2 aromatic carbocycles. The lowest BCUT2D eigenvalue weighted by molar-refractivity contribution is -0.137. The molecule has 0 aliphatic heterocycles. The van der Waals surface area contributed by atoms with Crippen molar-refractivity contribution in [3.63, 3.8) is 0 Å². The number of carbonyl (C=O) groups excluding carboxylic acids is 2. The fraction of sp³-hybridized carbons (Fsp3) is 0.346. The molecule has 7 nitrogen and oxygen atoms in total. The number of aromatic nitrogens is 2. The Morgan fingerprint density at radius 3 is 2.31 bits per heavy atom. The average Bonchev–Trinajstić information content (AvgIpc) is 3.17. The van der Waals surface area contributed by atoms with Crippen LogP contribution in [0.1, 0.15) is 43.2 Å². The van der Waals surface area contributed by atoms with Gasteiger partial charge in [0.25, 0.3) is 0 Å². The molecule has 0 fully saturated rings. The highest BCUT2D eigenvalue weighted by Crippen LogP contribution is 2.31. The number of hydrogen-bond acceptors (Lipinski definition) is 3. The summed E-state index contributed by atoms with van der Waals surface area (Å²) in [7, 11) is 1.38. The minimum atomic E-state index is -4.53. The number of likely N-dealkylation sites (N-methyl/N-ethyl adjacent to an activating group) is 1. The van der Waals surface area contributed by atoms with Crippen LogP contribution in [0.4, 0.5) is 29.5 Å². The number of aryl methyl sites for hydroxylation is 2. The normalized spacial score (nSPS) is 11.8. The molecule has 36 heavy (non-hydrogen) atoms. The van der Waals surface area contributed by atoms with E-state index in [1.807, 2.05) is 52.8 Å². The Hall–Kier alpha value is -3.82. The summed E-state index contributed by atoms with van der Waals surface area (Å²) in [6.45, 7) is 9.66. The van der Waals surface area contributed by atoms with Crippen molar-refractivity contribution in [2.24, 2.45) is 0 Å². The zero-order chi connectivity index (χ0) is 26.8. The predicted molar refractivity (Wildman–Crippen MR) is 133 cm³/mol. The van der Waals surface area contributed by atoms with Crippen LogP contribution in [0.2, 0.25) is 0 Å². The van der Waals surface area contributed by atoms with E-state index in [-0.39, 0.29) is 17.6 Å². The van der Waals surface area contributed by atoms with Gasteiger partial charge in [-0.3, -0.25) is 4.79 Å². The lowest BCUT2D eigenvalue weighted by atomic mass is 9.92. The number of benzene rings is 2. The summed E-state index contributed by atoms with van der Waals surface area (Å²) in [5.41, 5.74) is 2.48. The van der Waals surface area contributed by atoms with E-state index in [9.17, 15) is 22.8 Å². The third kappa shape index (κ3) is 6.44. The third-order valence-electron chi connectivity index (χ3n) is 5.49. The lowest BCUT2D eigenvalue weighted by Crippen LogP contribution is -2.38. The largest absolute Gasteiger partial charge is 0.416 e. The van der Waals surface area contributed by atoms with Crippen LogP contribution in [-0.2, 0) is 16.4 Å². The molecule has 0 atom stereocenters. The number of urea groups is 1. The molecular weight excluding hydrogens is 471 g/mol. The highest BCUT2D eigenvalue weighted by atomic mass is 19.4. The Kier molecular flexibility index (Phi) is 7.47. The molecule has 2 N–H and O–H groups in total. The zero-order valence-electron chi connectivity index (χ0n) is 21.1. The maximum absolute atomic E-state index is 12.9. The van der Waals surface area contributed by atoms with Crippen LogP contribution in [-0.4, -0.2) is 40.2 Å². The van der Waals surface area contributed by atoms with Crippen LogP contribution in [0.15, 0.2) is 48.5 Å². The van der Waals surface area contributed by atoms with Crippen LogP contribution in [0, 0.1) is 13.8 Å². The van der Waals surface area contributed by atoms with E-state index in [1.54, 1.807) is 10.7 Å². The molecule has 0 unspecified atom stereocenters. The summed E-state index contributed by atoms with van der Waals surface area (Å²) in [6.07, 6.45) is -4.53. The Morgan fingerprint density at radius 1 is 1.00 bits per heavy atom. The van der Waals surface area contributed by atoms with Crippen molar-refractivity contribution in [2.75, 3.05) is 24.2 Å². The van der Waals surface area contributed by atoms with Crippen LogP contribution < -0.4 is 10.6 Å². The number of nitrogens with zero attached hydrogens (tertiary/aromatic N) is 3. The van der Waals surface area contributed by atoms with Gasteiger partial charge in [-0.05, 0) is 43.7 Å². The smallest absolute Gasteiger partial charge is 0.318 e. The summed E-state index contributed by atoms with van der Waals surface area (Å²) >= 11 is 0. The Bertz CT molecular complexity index is 1280. The number of carbonyl (C=O) groups is 2. The molecular formula is C26H30F3N5O2. The average molecular weight is 502 g/mol. The fourth-order valence-electron chi connectivity index (χ4n) is 3.53. The fourth-order valence-corrected chi connectivity index (χ4v) is 3.53. The number of nitrogens with one attached hydrogen (secondary N) is 2. The lowest BCUT2D eigenvalue weighted by Gasteiger charge is -2.18. The molecule has 3 aromatic rings. The first kappa shape index (κ1) is 26.8. The first-order valence-electron chi connectivity index (χ1n) is 11.3. The van der Waals surface area contributed by atoms with Gasteiger partial charge in [-0.25, -0.2) is 9.48 Å². The number of halogens is 3. The molecule has 0 saturated heterocycles. The maximum atomic E-state index is 12.9. The van der Waals surface area contributed by atoms with E-state index in [1.165, 1.54) is 19.2 Å². The Labute approximate surface area is 208 Å². The molecule has 0 radical (unpaired) electrons. The van der Waals surface area contributed by atoms with Gasteiger partial charge < -0.3 is 15.5 Å². The van der Waals surface area contributed by atoms with Crippen molar-refractivity contribution in [3.8, 4) is 5.69 Å². The molecule has 10 heteroatoms. The van der Waals surface area contributed by atoms with E-state index in [4.69, 9.17) is 5.10 Å². The second kappa shape index (κ2) is 10.0. The van der Waals surface area contributed by atoms with Crippen molar-refractivity contribution < 1.29 is 22.8 Å². The minimum absolute atomic E-state index is 0.0233. The van der Waals surface area contributed by atoms with Gasteiger partial charge in [0.05, 0.1) is 16.9 Å². The van der Waals surface area contributed by atoms with Crippen molar-refractivity contribution in [3.05, 3.63) is 70.9 Å². The molecule has 0 spiro atoms. The third-order valence-corrected chi connectivity index (χ3v) is 5.49. The van der Waals surface area contributed by atoms with Gasteiger partial charge in [-0.2, -0.15) is 18.3 Å². The first-order chi connectivity index (χ1) is 16.6. The standard InChI is InChI=1S/C26H30F3N5O2/c1-16-10-11-20(17(2)12-16)34-22(14-21(32-34)25(3,4)5)31-23(35)15-33(6)24(36)30-19-9-7-8-18(13-19)26(27,28)29/h7-14H,15H2,1-6H3,(H,30,36)(H,31,35). The molecule has 3 rings (SSSR count). The molecule has 1 heterocycles. The first-order valence-corrected chi connectivity index (χ1v) is 11.3. The molecule has 192 valence electrons. The van der Waals surface area contributed by atoms with Gasteiger partial charge in [0.2, 0.25) is 5.91 Å². The Morgan fingerprint density at radius 2 is 1.69 bits per heavy atom. The van der Waals surface area contributed by atoms with Gasteiger partial charge in [-0.1, -0.05) is 44.5 Å². The zero-order valence-corrected chi connectivity index (χ0v) is 21.1. The maximum Gasteiger partial charge on any atom is 0.416 e. The molecule has 0 aliphatic carbocycles. The van der Waals surface area contributed by atoms with E-state index in [0.717, 1.165) is 39.5 Å². The number of anilines is 2. The predicted octanol–water partition coefficient (Wildman–Crippen LogP) is 5.91. The van der Waals surface area contributed by atoms with Crippen molar-refractivity contribution in [2.45, 2.75) is 46.2 Å². The molecule has 0 saturated carbocycles. The second-order valence-corrected chi connectivity index (χ2v) is 9.78. The number of alkyl halides is 3. The molecule has 0 bridgehead atoms. The summed E-state index contributed by atoms with van der Waals surface area (Å²) < 4.78 is 40.5. The number of hydrogen-bond donors (Lipinski definition) is 2. The van der Waals surface area contributed by atoms with Crippen molar-refractivity contribution in [1.29, 1.82) is 0 Å². The number of amides is 3. The highest BCUT2D eigenvalue weighted by Gasteiger charge is 2.30. The van der Waals surface area contributed by atoms with Gasteiger partial charge in [-0.15, -0.1) is 0 Å².